The lowest BCUT2D eigenvalue weighted by molar-refractivity contribution is -0.151. The van der Waals surface area contributed by atoms with Crippen LogP contribution in [0.15, 0.2) is 0 Å². The fourth-order valence-corrected chi connectivity index (χ4v) is 2.48. The van der Waals surface area contributed by atoms with Crippen LogP contribution in [0.4, 0.5) is 0 Å². The van der Waals surface area contributed by atoms with E-state index in [0.717, 1.165) is 45.2 Å². The first-order valence-corrected chi connectivity index (χ1v) is 9.66. The Kier molecular flexibility index (Phi) is 11.7. The summed E-state index contributed by atoms with van der Waals surface area (Å²) >= 11 is 0. The molecule has 2 atom stereocenters. The molecule has 148 valence electrons. The van der Waals surface area contributed by atoms with Crippen LogP contribution in [0.25, 0.3) is 0 Å². The molecule has 5 nitrogen and oxygen atoms in total. The zero-order valence-corrected chi connectivity index (χ0v) is 17.5. The number of hydrogen-bond donors (Lipinski definition) is 1. The summed E-state index contributed by atoms with van der Waals surface area (Å²) in [7, 11) is 4.06. The van der Waals surface area contributed by atoms with Crippen LogP contribution >= 0.6 is 0 Å². The Bertz CT molecular complexity index is 389. The van der Waals surface area contributed by atoms with E-state index in [0.29, 0.717) is 6.61 Å². The molecule has 2 unspecified atom stereocenters. The van der Waals surface area contributed by atoms with E-state index in [-0.39, 0.29) is 29.1 Å². The Morgan fingerprint density at radius 3 is 2.28 bits per heavy atom. The van der Waals surface area contributed by atoms with Crippen molar-refractivity contribution in [2.45, 2.75) is 66.7 Å². The van der Waals surface area contributed by atoms with E-state index in [1.54, 1.807) is 0 Å². The zero-order chi connectivity index (χ0) is 19.5. The number of carbonyl (C=O) groups is 2. The molecule has 0 rings (SSSR count). The van der Waals surface area contributed by atoms with Gasteiger partial charge in [0.1, 0.15) is 0 Å². The fraction of sp³-hybridized carbons (Fsp3) is 0.900. The van der Waals surface area contributed by atoms with E-state index >= 15 is 0 Å². The summed E-state index contributed by atoms with van der Waals surface area (Å²) in [6.07, 6.45) is 4.22. The van der Waals surface area contributed by atoms with E-state index in [4.69, 9.17) is 4.74 Å². The van der Waals surface area contributed by atoms with Crippen LogP contribution in [0.5, 0.6) is 0 Å². The van der Waals surface area contributed by atoms with Gasteiger partial charge in [0.25, 0.3) is 0 Å². The minimum atomic E-state index is -0.0989. The van der Waals surface area contributed by atoms with Gasteiger partial charge in [0, 0.05) is 12.5 Å². The molecule has 0 bridgehead atoms. The van der Waals surface area contributed by atoms with Crippen LogP contribution in [0.2, 0.25) is 0 Å². The second-order valence-electron chi connectivity index (χ2n) is 8.55. The molecule has 0 aromatic rings. The van der Waals surface area contributed by atoms with Gasteiger partial charge in [-0.15, -0.1) is 0 Å². The third kappa shape index (κ3) is 12.9. The van der Waals surface area contributed by atoms with Crippen molar-refractivity contribution in [3.05, 3.63) is 0 Å². The molecule has 0 aromatic heterocycles. The normalized spacial score (nSPS) is 14.2. The fourth-order valence-electron chi connectivity index (χ4n) is 2.48. The third-order valence-electron chi connectivity index (χ3n) is 4.19. The molecule has 0 heterocycles. The van der Waals surface area contributed by atoms with Gasteiger partial charge >= 0.3 is 5.97 Å². The van der Waals surface area contributed by atoms with Gasteiger partial charge < -0.3 is 15.0 Å². The Morgan fingerprint density at radius 2 is 1.76 bits per heavy atom. The lowest BCUT2D eigenvalue weighted by Crippen LogP contribution is -2.31. The van der Waals surface area contributed by atoms with Crippen molar-refractivity contribution in [2.75, 3.05) is 33.8 Å². The summed E-state index contributed by atoms with van der Waals surface area (Å²) in [6.45, 7) is 12.3. The molecule has 0 fully saturated rings. The smallest absolute Gasteiger partial charge is 0.308 e. The van der Waals surface area contributed by atoms with Crippen molar-refractivity contribution >= 4 is 11.9 Å². The maximum atomic E-state index is 12.2. The first kappa shape index (κ1) is 23.9. The lowest BCUT2D eigenvalue weighted by atomic mass is 9.95. The molecule has 0 saturated carbocycles. The van der Waals surface area contributed by atoms with Crippen LogP contribution in [0.1, 0.15) is 66.7 Å². The number of amides is 1. The van der Waals surface area contributed by atoms with Crippen molar-refractivity contribution in [2.24, 2.45) is 17.3 Å². The average molecular weight is 357 g/mol. The van der Waals surface area contributed by atoms with Gasteiger partial charge in [-0.2, -0.15) is 0 Å². The highest BCUT2D eigenvalue weighted by molar-refractivity contribution is 5.78. The number of ether oxygens (including phenoxy) is 1. The van der Waals surface area contributed by atoms with E-state index < -0.39 is 0 Å². The Morgan fingerprint density at radius 1 is 1.12 bits per heavy atom. The average Bonchev–Trinajstić information content (AvgIpc) is 2.52. The number of carbonyl (C=O) groups excluding carboxylic acids is 2. The largest absolute Gasteiger partial charge is 0.465 e. The number of nitrogens with one attached hydrogen (secondary N) is 1. The maximum Gasteiger partial charge on any atom is 0.308 e. The molecule has 1 N–H and O–H groups in total. The monoisotopic (exact) mass is 356 g/mol. The van der Waals surface area contributed by atoms with Crippen molar-refractivity contribution in [3.8, 4) is 0 Å². The summed E-state index contributed by atoms with van der Waals surface area (Å²) in [5, 5.41) is 2.99. The van der Waals surface area contributed by atoms with Gasteiger partial charge in [0.05, 0.1) is 12.5 Å². The highest BCUT2D eigenvalue weighted by atomic mass is 16.5. The first-order chi connectivity index (χ1) is 11.6. The van der Waals surface area contributed by atoms with E-state index in [2.05, 4.69) is 31.0 Å². The predicted molar refractivity (Wildman–Crippen MR) is 103 cm³/mol. The molecule has 0 aliphatic heterocycles. The van der Waals surface area contributed by atoms with Crippen LogP contribution in [0, 0.1) is 17.3 Å². The molecule has 25 heavy (non-hydrogen) atoms. The highest BCUT2D eigenvalue weighted by Crippen LogP contribution is 2.20. The molecular weight excluding hydrogens is 316 g/mol. The predicted octanol–water partition coefficient (Wildman–Crippen LogP) is 3.48. The molecule has 0 spiro atoms. The van der Waals surface area contributed by atoms with Crippen LogP contribution in [-0.4, -0.2) is 50.6 Å². The van der Waals surface area contributed by atoms with Crippen LogP contribution in [0.3, 0.4) is 0 Å². The third-order valence-corrected chi connectivity index (χ3v) is 4.19. The van der Waals surface area contributed by atoms with Crippen molar-refractivity contribution in [1.29, 1.82) is 0 Å². The van der Waals surface area contributed by atoms with E-state index in [9.17, 15) is 9.59 Å². The van der Waals surface area contributed by atoms with Gasteiger partial charge in [-0.3, -0.25) is 9.59 Å². The van der Waals surface area contributed by atoms with Gasteiger partial charge in [0.15, 0.2) is 0 Å². The van der Waals surface area contributed by atoms with E-state index in [1.165, 1.54) is 0 Å². The van der Waals surface area contributed by atoms with Crippen molar-refractivity contribution in [1.82, 2.24) is 10.2 Å². The summed E-state index contributed by atoms with van der Waals surface area (Å²) < 4.78 is 5.43. The Labute approximate surface area is 154 Å². The topological polar surface area (TPSA) is 58.6 Å². The van der Waals surface area contributed by atoms with Crippen LogP contribution < -0.4 is 5.32 Å². The Balaban J connectivity index is 4.03. The summed E-state index contributed by atoms with van der Waals surface area (Å²) in [5.41, 5.74) is -0.00681. The van der Waals surface area contributed by atoms with Crippen molar-refractivity contribution < 1.29 is 14.3 Å². The lowest BCUT2D eigenvalue weighted by Gasteiger charge is -2.21. The zero-order valence-electron chi connectivity index (χ0n) is 17.5. The molecule has 5 heteroatoms. The van der Waals surface area contributed by atoms with Crippen LogP contribution in [-0.2, 0) is 14.3 Å². The SMILES string of the molecule is CCC(CCCC(C)C(=O)NCCCN(C)C)C(=O)OCC(C)(C)C. The van der Waals surface area contributed by atoms with E-state index in [1.807, 2.05) is 27.9 Å². The summed E-state index contributed by atoms with van der Waals surface area (Å²) in [4.78, 5) is 26.3. The van der Waals surface area contributed by atoms with Gasteiger partial charge in [-0.25, -0.2) is 0 Å². The summed E-state index contributed by atoms with van der Waals surface area (Å²) in [5.74, 6) is -0.0551. The Hall–Kier alpha value is -1.10. The minimum Gasteiger partial charge on any atom is -0.465 e. The molecule has 0 aliphatic rings. The maximum absolute atomic E-state index is 12.2. The number of nitrogens with zero attached hydrogens (tertiary/aromatic N) is 1. The second kappa shape index (κ2) is 12.3. The number of hydrogen-bond acceptors (Lipinski definition) is 4. The standard InChI is InChI=1S/C20H40N2O3/c1-8-17(19(24)25-15-20(3,4)5)12-9-11-16(2)18(23)21-13-10-14-22(6)7/h16-17H,8-15H2,1-7H3,(H,21,23). The highest BCUT2D eigenvalue weighted by Gasteiger charge is 2.21. The number of rotatable bonds is 12. The second-order valence-corrected chi connectivity index (χ2v) is 8.55. The molecule has 0 aromatic carbocycles. The molecular formula is C20H40N2O3. The first-order valence-electron chi connectivity index (χ1n) is 9.66. The minimum absolute atomic E-state index is 0.00681. The molecule has 0 radical (unpaired) electrons. The summed E-state index contributed by atoms with van der Waals surface area (Å²) in [6, 6.07) is 0. The molecule has 0 aliphatic carbocycles. The quantitative estimate of drug-likeness (QED) is 0.430. The molecule has 0 saturated heterocycles. The van der Waals surface area contributed by atoms with Gasteiger partial charge in [-0.1, -0.05) is 41.0 Å². The van der Waals surface area contributed by atoms with Gasteiger partial charge in [-0.05, 0) is 51.7 Å². The molecule has 1 amide bonds. The van der Waals surface area contributed by atoms with Gasteiger partial charge in [0.2, 0.25) is 5.91 Å². The number of esters is 1. The van der Waals surface area contributed by atoms with Crippen molar-refractivity contribution in [3.63, 3.8) is 0 Å².